The van der Waals surface area contributed by atoms with Crippen LogP contribution < -0.4 is 9.47 Å². The molecule has 0 aliphatic carbocycles. The summed E-state index contributed by atoms with van der Waals surface area (Å²) >= 11 is 6.03. The Morgan fingerprint density at radius 3 is 2.10 bits per heavy atom. The Labute approximate surface area is 130 Å². The summed E-state index contributed by atoms with van der Waals surface area (Å²) in [5, 5.41) is 0.661. The summed E-state index contributed by atoms with van der Waals surface area (Å²) in [4.78, 5) is 0. The van der Waals surface area contributed by atoms with E-state index in [1.54, 1.807) is 0 Å². The van der Waals surface area contributed by atoms with E-state index in [-0.39, 0.29) is 0 Å². The fraction of sp³-hybridized carbons (Fsp3) is 0.625. The zero-order valence-corrected chi connectivity index (χ0v) is 12.8. The average molecular weight is 313 g/mol. The van der Waals surface area contributed by atoms with Crippen molar-refractivity contribution >= 4 is 11.6 Å². The fourth-order valence-electron chi connectivity index (χ4n) is 2.17. The highest BCUT2D eigenvalue weighted by molar-refractivity contribution is 6.30. The van der Waals surface area contributed by atoms with Gasteiger partial charge in [-0.3, -0.25) is 0 Å². The Morgan fingerprint density at radius 1 is 0.952 bits per heavy atom. The van der Waals surface area contributed by atoms with E-state index in [0.717, 1.165) is 50.4 Å². The summed E-state index contributed by atoms with van der Waals surface area (Å²) in [6.45, 7) is 3.14. The van der Waals surface area contributed by atoms with Crippen molar-refractivity contribution in [1.29, 1.82) is 0 Å². The molecule has 5 heteroatoms. The first kappa shape index (κ1) is 14.9. The third-order valence-corrected chi connectivity index (χ3v) is 3.80. The van der Waals surface area contributed by atoms with E-state index in [1.807, 2.05) is 18.2 Å². The highest BCUT2D eigenvalue weighted by atomic mass is 35.5. The first-order chi connectivity index (χ1) is 10.3. The van der Waals surface area contributed by atoms with Crippen LogP contribution in [0.25, 0.3) is 0 Å². The van der Waals surface area contributed by atoms with E-state index in [0.29, 0.717) is 30.4 Å². The third kappa shape index (κ3) is 5.38. The van der Waals surface area contributed by atoms with E-state index >= 15 is 0 Å². The van der Waals surface area contributed by atoms with Crippen LogP contribution in [0.2, 0.25) is 5.02 Å². The van der Waals surface area contributed by atoms with E-state index in [2.05, 4.69) is 0 Å². The molecule has 2 unspecified atom stereocenters. The van der Waals surface area contributed by atoms with Crippen molar-refractivity contribution in [1.82, 2.24) is 0 Å². The second-order valence-electron chi connectivity index (χ2n) is 5.48. The number of halogens is 1. The lowest BCUT2D eigenvalue weighted by Gasteiger charge is -2.13. The van der Waals surface area contributed by atoms with Crippen molar-refractivity contribution in [2.45, 2.75) is 37.9 Å². The molecule has 2 aliphatic heterocycles. The van der Waals surface area contributed by atoms with Crippen LogP contribution in [0.1, 0.15) is 25.7 Å². The number of hydrogen-bond acceptors (Lipinski definition) is 4. The topological polar surface area (TPSA) is 43.5 Å². The molecule has 1 aromatic rings. The lowest BCUT2D eigenvalue weighted by molar-refractivity contribution is 0.253. The van der Waals surface area contributed by atoms with Gasteiger partial charge in [0.2, 0.25) is 0 Å². The SMILES string of the molecule is Clc1ccc(OCCCC2CO2)c(OCCCC2CO2)c1. The summed E-state index contributed by atoms with van der Waals surface area (Å²) in [7, 11) is 0. The van der Waals surface area contributed by atoms with Crippen molar-refractivity contribution in [3.8, 4) is 11.5 Å². The van der Waals surface area contributed by atoms with Gasteiger partial charge < -0.3 is 18.9 Å². The maximum absolute atomic E-state index is 6.03. The summed E-state index contributed by atoms with van der Waals surface area (Å²) in [5.74, 6) is 1.49. The van der Waals surface area contributed by atoms with Gasteiger partial charge in [0, 0.05) is 11.1 Å². The van der Waals surface area contributed by atoms with Gasteiger partial charge in [0.05, 0.1) is 38.6 Å². The number of benzene rings is 1. The molecule has 0 N–H and O–H groups in total. The molecule has 1 aromatic carbocycles. The van der Waals surface area contributed by atoms with Crippen molar-refractivity contribution < 1.29 is 18.9 Å². The van der Waals surface area contributed by atoms with Crippen molar-refractivity contribution in [3.63, 3.8) is 0 Å². The van der Waals surface area contributed by atoms with Crippen molar-refractivity contribution in [2.24, 2.45) is 0 Å². The molecule has 3 rings (SSSR count). The molecule has 4 nitrogen and oxygen atoms in total. The molecule has 0 amide bonds. The first-order valence-corrected chi connectivity index (χ1v) is 7.97. The molecule has 2 aliphatic rings. The number of epoxide rings is 2. The van der Waals surface area contributed by atoms with Gasteiger partial charge in [-0.05, 0) is 37.8 Å². The Kier molecular flexibility index (Phi) is 5.22. The zero-order valence-electron chi connectivity index (χ0n) is 12.1. The molecule has 0 radical (unpaired) electrons. The van der Waals surface area contributed by atoms with Gasteiger partial charge in [-0.2, -0.15) is 0 Å². The minimum absolute atomic E-state index is 0.452. The van der Waals surface area contributed by atoms with Gasteiger partial charge in [-0.15, -0.1) is 0 Å². The van der Waals surface area contributed by atoms with E-state index in [1.165, 1.54) is 0 Å². The van der Waals surface area contributed by atoms with Crippen molar-refractivity contribution in [2.75, 3.05) is 26.4 Å². The number of rotatable bonds is 10. The van der Waals surface area contributed by atoms with Crippen LogP contribution in [-0.2, 0) is 9.47 Å². The Hall–Kier alpha value is -0.970. The van der Waals surface area contributed by atoms with Crippen LogP contribution >= 0.6 is 11.6 Å². The first-order valence-electron chi connectivity index (χ1n) is 7.59. The lowest BCUT2D eigenvalue weighted by atomic mass is 10.2. The maximum atomic E-state index is 6.03. The van der Waals surface area contributed by atoms with Gasteiger partial charge in [-0.25, -0.2) is 0 Å². The van der Waals surface area contributed by atoms with Crippen molar-refractivity contribution in [3.05, 3.63) is 23.2 Å². The number of hydrogen-bond donors (Lipinski definition) is 0. The molecule has 21 heavy (non-hydrogen) atoms. The van der Waals surface area contributed by atoms with Gasteiger partial charge >= 0.3 is 0 Å². The third-order valence-electron chi connectivity index (χ3n) is 3.57. The summed E-state index contributed by atoms with van der Waals surface area (Å²) in [6.07, 6.45) is 5.00. The molecular weight excluding hydrogens is 292 g/mol. The lowest BCUT2D eigenvalue weighted by Crippen LogP contribution is -2.04. The summed E-state index contributed by atoms with van der Waals surface area (Å²) < 4.78 is 22.0. The molecule has 0 bridgehead atoms. The Bertz CT molecular complexity index is 458. The average Bonchev–Trinajstić information content (AvgIpc) is 3.36. The quantitative estimate of drug-likeness (QED) is 0.490. The van der Waals surface area contributed by atoms with Gasteiger partial charge in [0.15, 0.2) is 11.5 Å². The summed E-state index contributed by atoms with van der Waals surface area (Å²) in [6, 6.07) is 5.51. The normalized spacial score (nSPS) is 22.9. The van der Waals surface area contributed by atoms with Gasteiger partial charge in [0.25, 0.3) is 0 Å². The van der Waals surface area contributed by atoms with Crippen LogP contribution in [0.15, 0.2) is 18.2 Å². The molecule has 2 heterocycles. The maximum Gasteiger partial charge on any atom is 0.162 e. The van der Waals surface area contributed by atoms with E-state index < -0.39 is 0 Å². The monoisotopic (exact) mass is 312 g/mol. The van der Waals surface area contributed by atoms with Gasteiger partial charge in [-0.1, -0.05) is 11.6 Å². The predicted octanol–water partition coefficient (Wildman–Crippen LogP) is 3.46. The minimum Gasteiger partial charge on any atom is -0.490 e. The van der Waals surface area contributed by atoms with Crippen LogP contribution in [0.3, 0.4) is 0 Å². The second-order valence-corrected chi connectivity index (χ2v) is 5.92. The minimum atomic E-state index is 0.452. The molecule has 2 fully saturated rings. The number of ether oxygens (including phenoxy) is 4. The predicted molar refractivity (Wildman–Crippen MR) is 80.4 cm³/mol. The highest BCUT2D eigenvalue weighted by Gasteiger charge is 2.22. The fourth-order valence-corrected chi connectivity index (χ4v) is 2.33. The standard InChI is InChI=1S/C16H21ClO4/c17-12-5-6-15(18-7-1-3-13-10-20-13)16(9-12)19-8-2-4-14-11-21-14/h5-6,9,13-14H,1-4,7-8,10-11H2. The van der Waals surface area contributed by atoms with Crippen LogP contribution in [0.5, 0.6) is 11.5 Å². The molecule has 0 spiro atoms. The molecular formula is C16H21ClO4. The molecule has 2 atom stereocenters. The van der Waals surface area contributed by atoms with E-state index in [4.69, 9.17) is 30.5 Å². The smallest absolute Gasteiger partial charge is 0.162 e. The Balaban J connectivity index is 1.43. The molecule has 0 saturated carbocycles. The second kappa shape index (κ2) is 7.34. The van der Waals surface area contributed by atoms with Crippen LogP contribution in [-0.4, -0.2) is 38.6 Å². The van der Waals surface area contributed by atoms with Crippen LogP contribution in [0.4, 0.5) is 0 Å². The Morgan fingerprint density at radius 2 is 1.52 bits per heavy atom. The molecule has 2 saturated heterocycles. The summed E-state index contributed by atoms with van der Waals surface area (Å²) in [5.41, 5.74) is 0. The zero-order chi connectivity index (χ0) is 14.5. The van der Waals surface area contributed by atoms with E-state index in [9.17, 15) is 0 Å². The highest BCUT2D eigenvalue weighted by Crippen LogP contribution is 2.31. The largest absolute Gasteiger partial charge is 0.490 e. The van der Waals surface area contributed by atoms with Crippen LogP contribution in [0, 0.1) is 0 Å². The molecule has 0 aromatic heterocycles. The molecule has 116 valence electrons. The van der Waals surface area contributed by atoms with Gasteiger partial charge in [0.1, 0.15) is 0 Å².